The van der Waals surface area contributed by atoms with Crippen LogP contribution in [0.15, 0.2) is 48.1 Å². The number of carboxylic acids is 1. The molecule has 132 valence electrons. The van der Waals surface area contributed by atoms with E-state index in [1.807, 2.05) is 35.7 Å². The van der Waals surface area contributed by atoms with E-state index in [2.05, 4.69) is 9.97 Å². The molecule has 7 heteroatoms. The van der Waals surface area contributed by atoms with Crippen molar-refractivity contribution in [1.82, 2.24) is 9.97 Å². The topological polar surface area (TPSA) is 81.5 Å². The number of benzene rings is 1. The molecule has 3 aromatic rings. The number of nitrogens with zero attached hydrogens (tertiary/aromatic N) is 2. The van der Waals surface area contributed by atoms with Crippen LogP contribution in [0, 0.1) is 0 Å². The Balaban J connectivity index is 1.42. The van der Waals surface area contributed by atoms with Gasteiger partial charge in [0.1, 0.15) is 23.1 Å². The van der Waals surface area contributed by atoms with E-state index in [1.54, 1.807) is 23.7 Å². The van der Waals surface area contributed by atoms with Gasteiger partial charge in [-0.3, -0.25) is 9.78 Å². The molecule has 1 aliphatic heterocycles. The monoisotopic (exact) mass is 368 g/mol. The maximum absolute atomic E-state index is 10.9. The predicted octanol–water partition coefficient (Wildman–Crippen LogP) is 3.73. The summed E-state index contributed by atoms with van der Waals surface area (Å²) in [5.74, 6) is 0.459. The second kappa shape index (κ2) is 7.13. The number of hydrogen-bond donors (Lipinski definition) is 1. The molecule has 0 fully saturated rings. The van der Waals surface area contributed by atoms with Crippen molar-refractivity contribution < 1.29 is 19.4 Å². The zero-order chi connectivity index (χ0) is 17.9. The molecule has 26 heavy (non-hydrogen) atoms. The Morgan fingerprint density at radius 3 is 2.96 bits per heavy atom. The minimum Gasteiger partial charge on any atom is -0.492 e. The number of hydrogen-bond acceptors (Lipinski definition) is 6. The molecule has 1 aliphatic rings. The highest BCUT2D eigenvalue weighted by Crippen LogP contribution is 2.38. The van der Waals surface area contributed by atoms with Crippen LogP contribution >= 0.6 is 11.3 Å². The van der Waals surface area contributed by atoms with E-state index in [0.717, 1.165) is 21.8 Å². The first-order valence-corrected chi connectivity index (χ1v) is 9.03. The fourth-order valence-electron chi connectivity index (χ4n) is 2.88. The lowest BCUT2D eigenvalue weighted by atomic mass is 9.98. The molecule has 1 unspecified atom stereocenters. The van der Waals surface area contributed by atoms with E-state index >= 15 is 0 Å². The van der Waals surface area contributed by atoms with Crippen molar-refractivity contribution in [1.29, 1.82) is 0 Å². The minimum absolute atomic E-state index is 0.0732. The number of carbonyl (C=O) groups is 1. The molecule has 1 atom stereocenters. The second-order valence-electron chi connectivity index (χ2n) is 5.97. The molecule has 6 nitrogen and oxygen atoms in total. The van der Waals surface area contributed by atoms with Gasteiger partial charge in [-0.25, -0.2) is 4.98 Å². The predicted molar refractivity (Wildman–Crippen MR) is 96.6 cm³/mol. The highest BCUT2D eigenvalue weighted by molar-refractivity contribution is 7.13. The Kier molecular flexibility index (Phi) is 4.53. The summed E-state index contributed by atoms with van der Waals surface area (Å²) in [5.41, 5.74) is 2.81. The molecule has 2 aromatic heterocycles. The Bertz CT molecular complexity index is 926. The summed E-state index contributed by atoms with van der Waals surface area (Å²) >= 11 is 1.56. The molecule has 3 heterocycles. The van der Waals surface area contributed by atoms with Gasteiger partial charge in [0.15, 0.2) is 0 Å². The van der Waals surface area contributed by atoms with Gasteiger partial charge in [-0.15, -0.1) is 11.3 Å². The van der Waals surface area contributed by atoms with E-state index in [0.29, 0.717) is 24.7 Å². The standard InChI is InChI=1S/C19H16N2O4S/c22-18(23)7-13-9-25-17-8-15(1-2-16(13)17)24-10-14-11-26-19(21-14)12-3-5-20-6-4-12/h1-6,8,11,13H,7,9-10H2,(H,22,23). The molecule has 0 saturated carbocycles. The van der Waals surface area contributed by atoms with Gasteiger partial charge in [0.25, 0.3) is 0 Å². The lowest BCUT2D eigenvalue weighted by molar-refractivity contribution is -0.137. The molecule has 0 spiro atoms. The third-order valence-electron chi connectivity index (χ3n) is 4.15. The van der Waals surface area contributed by atoms with E-state index in [-0.39, 0.29) is 12.3 Å². The van der Waals surface area contributed by atoms with Gasteiger partial charge >= 0.3 is 5.97 Å². The Morgan fingerprint density at radius 1 is 1.31 bits per heavy atom. The van der Waals surface area contributed by atoms with Crippen molar-refractivity contribution >= 4 is 17.3 Å². The summed E-state index contributed by atoms with van der Waals surface area (Å²) in [6.45, 7) is 0.755. The maximum atomic E-state index is 10.9. The molecule has 0 saturated heterocycles. The Morgan fingerprint density at radius 2 is 2.15 bits per heavy atom. The lowest BCUT2D eigenvalue weighted by Crippen LogP contribution is -2.07. The minimum atomic E-state index is -0.819. The molecule has 1 N–H and O–H groups in total. The number of ether oxygens (including phenoxy) is 2. The van der Waals surface area contributed by atoms with Gasteiger partial charge in [-0.05, 0) is 18.2 Å². The fraction of sp³-hybridized carbons (Fsp3) is 0.211. The molecule has 0 amide bonds. The molecular weight excluding hydrogens is 352 g/mol. The van der Waals surface area contributed by atoms with Gasteiger partial charge in [-0.2, -0.15) is 0 Å². The normalized spacial score (nSPS) is 15.3. The number of aromatic nitrogens is 2. The van der Waals surface area contributed by atoms with E-state index < -0.39 is 5.97 Å². The van der Waals surface area contributed by atoms with Crippen molar-refractivity contribution in [2.75, 3.05) is 6.61 Å². The van der Waals surface area contributed by atoms with Crippen molar-refractivity contribution in [2.45, 2.75) is 18.9 Å². The Labute approximate surface area is 154 Å². The number of aliphatic carboxylic acids is 1. The first-order valence-electron chi connectivity index (χ1n) is 8.15. The molecule has 0 bridgehead atoms. The number of pyridine rings is 1. The van der Waals surface area contributed by atoms with Gasteiger partial charge < -0.3 is 14.6 Å². The number of rotatable bonds is 6. The van der Waals surface area contributed by atoms with Crippen molar-refractivity contribution in [3.8, 4) is 22.1 Å². The van der Waals surface area contributed by atoms with Gasteiger partial charge in [0, 0.05) is 40.9 Å². The molecule has 4 rings (SSSR count). The smallest absolute Gasteiger partial charge is 0.304 e. The average Bonchev–Trinajstić information content (AvgIpc) is 3.27. The van der Waals surface area contributed by atoms with E-state index in [4.69, 9.17) is 14.6 Å². The van der Waals surface area contributed by atoms with E-state index in [1.165, 1.54) is 0 Å². The Hall–Kier alpha value is -2.93. The van der Waals surface area contributed by atoms with Crippen LogP contribution < -0.4 is 9.47 Å². The zero-order valence-electron chi connectivity index (χ0n) is 13.8. The second-order valence-corrected chi connectivity index (χ2v) is 6.83. The summed E-state index contributed by atoms with van der Waals surface area (Å²) in [7, 11) is 0. The number of carboxylic acid groups (broad SMARTS) is 1. The van der Waals surface area contributed by atoms with Crippen LogP contribution in [-0.4, -0.2) is 27.7 Å². The van der Waals surface area contributed by atoms with Crippen LogP contribution in [0.25, 0.3) is 10.6 Å². The van der Waals surface area contributed by atoms with Gasteiger partial charge in [0.2, 0.25) is 0 Å². The zero-order valence-corrected chi connectivity index (χ0v) is 14.6. The van der Waals surface area contributed by atoms with Crippen LogP contribution in [0.4, 0.5) is 0 Å². The summed E-state index contributed by atoms with van der Waals surface area (Å²) in [5, 5.41) is 11.9. The van der Waals surface area contributed by atoms with Crippen LogP contribution in [0.5, 0.6) is 11.5 Å². The molecular formula is C19H16N2O4S. The highest BCUT2D eigenvalue weighted by Gasteiger charge is 2.26. The SMILES string of the molecule is O=C(O)CC1COc2cc(OCc3csc(-c4ccncc4)n3)ccc21. The van der Waals surface area contributed by atoms with Crippen LogP contribution in [0.1, 0.15) is 23.6 Å². The van der Waals surface area contributed by atoms with Crippen molar-refractivity contribution in [3.05, 3.63) is 59.4 Å². The first kappa shape index (κ1) is 16.5. The van der Waals surface area contributed by atoms with Gasteiger partial charge in [0.05, 0.1) is 18.7 Å². The summed E-state index contributed by atoms with van der Waals surface area (Å²) in [4.78, 5) is 19.5. The van der Waals surface area contributed by atoms with Crippen LogP contribution in [-0.2, 0) is 11.4 Å². The molecule has 1 aromatic carbocycles. The maximum Gasteiger partial charge on any atom is 0.304 e. The molecule has 0 radical (unpaired) electrons. The summed E-state index contributed by atoms with van der Waals surface area (Å²) in [6.07, 6.45) is 3.56. The molecule has 0 aliphatic carbocycles. The fourth-order valence-corrected chi connectivity index (χ4v) is 3.69. The lowest BCUT2D eigenvalue weighted by Gasteiger charge is -2.07. The number of thiazole rings is 1. The van der Waals surface area contributed by atoms with E-state index in [9.17, 15) is 4.79 Å². The van der Waals surface area contributed by atoms with Gasteiger partial charge in [-0.1, -0.05) is 6.07 Å². The summed E-state index contributed by atoms with van der Waals surface area (Å²) < 4.78 is 11.4. The van der Waals surface area contributed by atoms with Crippen LogP contribution in [0.3, 0.4) is 0 Å². The van der Waals surface area contributed by atoms with Crippen molar-refractivity contribution in [3.63, 3.8) is 0 Å². The average molecular weight is 368 g/mol. The third-order valence-corrected chi connectivity index (χ3v) is 5.09. The quantitative estimate of drug-likeness (QED) is 0.714. The first-order chi connectivity index (χ1) is 12.7. The van der Waals surface area contributed by atoms with Crippen LogP contribution in [0.2, 0.25) is 0 Å². The summed E-state index contributed by atoms with van der Waals surface area (Å²) in [6, 6.07) is 9.39. The highest BCUT2D eigenvalue weighted by atomic mass is 32.1. The van der Waals surface area contributed by atoms with Crippen molar-refractivity contribution in [2.24, 2.45) is 0 Å². The largest absolute Gasteiger partial charge is 0.492 e. The number of fused-ring (bicyclic) bond motifs is 1. The third kappa shape index (κ3) is 3.52.